The van der Waals surface area contributed by atoms with Crippen molar-refractivity contribution in [1.82, 2.24) is 4.90 Å². The second-order valence-electron chi connectivity index (χ2n) is 4.66. The lowest BCUT2D eigenvalue weighted by Crippen LogP contribution is -2.43. The minimum Gasteiger partial charge on any atom is -0.396 e. The zero-order valence-corrected chi connectivity index (χ0v) is 11.9. The summed E-state index contributed by atoms with van der Waals surface area (Å²) < 4.78 is 13.0. The number of aliphatic hydroxyl groups is 1. The van der Waals surface area contributed by atoms with Gasteiger partial charge >= 0.3 is 0 Å². The van der Waals surface area contributed by atoms with E-state index in [2.05, 4.69) is 5.32 Å². The van der Waals surface area contributed by atoms with Crippen LogP contribution in [0.4, 0.5) is 15.8 Å². The van der Waals surface area contributed by atoms with Crippen LogP contribution >= 0.6 is 0 Å². The van der Waals surface area contributed by atoms with E-state index in [0.717, 1.165) is 13.0 Å². The number of hydrogen-bond donors (Lipinski definition) is 3. The van der Waals surface area contributed by atoms with Crippen LogP contribution in [0.25, 0.3) is 0 Å². The summed E-state index contributed by atoms with van der Waals surface area (Å²) in [6.07, 6.45) is 0.890. The van der Waals surface area contributed by atoms with Gasteiger partial charge in [0.25, 0.3) is 0 Å². The van der Waals surface area contributed by atoms with Gasteiger partial charge in [-0.05, 0) is 38.1 Å². The molecule has 0 spiro atoms. The number of aliphatic hydroxyl groups excluding tert-OH is 1. The lowest BCUT2D eigenvalue weighted by Gasteiger charge is -2.27. The predicted molar refractivity (Wildman–Crippen MR) is 77.9 cm³/mol. The molecule has 1 aromatic rings. The molecular formula is C14H22FN3O2. The maximum absolute atomic E-state index is 13.0. The summed E-state index contributed by atoms with van der Waals surface area (Å²) in [6.45, 7) is 4.94. The Hall–Kier alpha value is -1.66. The van der Waals surface area contributed by atoms with Crippen LogP contribution in [0.15, 0.2) is 18.2 Å². The molecule has 0 radical (unpaired) electrons. The van der Waals surface area contributed by atoms with Gasteiger partial charge in [0.15, 0.2) is 0 Å². The summed E-state index contributed by atoms with van der Waals surface area (Å²) in [4.78, 5) is 14.0. The number of nitrogens with two attached hydrogens (primary N) is 1. The van der Waals surface area contributed by atoms with Gasteiger partial charge in [-0.25, -0.2) is 4.39 Å². The molecule has 1 atom stereocenters. The molecule has 0 heterocycles. The van der Waals surface area contributed by atoms with Crippen molar-refractivity contribution >= 4 is 17.3 Å². The van der Waals surface area contributed by atoms with Crippen molar-refractivity contribution in [3.63, 3.8) is 0 Å². The number of halogens is 1. The summed E-state index contributed by atoms with van der Waals surface area (Å²) >= 11 is 0. The largest absolute Gasteiger partial charge is 0.396 e. The minimum absolute atomic E-state index is 0.00111. The SMILES string of the molecule is CCCN(CCO)C(C)C(=O)Nc1ccc(F)c(N)c1. The van der Waals surface area contributed by atoms with Crippen LogP contribution in [0.2, 0.25) is 0 Å². The number of carbonyl (C=O) groups is 1. The molecule has 20 heavy (non-hydrogen) atoms. The van der Waals surface area contributed by atoms with Crippen molar-refractivity contribution < 1.29 is 14.3 Å². The second kappa shape index (κ2) is 7.81. The lowest BCUT2D eigenvalue weighted by atomic mass is 10.2. The van der Waals surface area contributed by atoms with Crippen LogP contribution in [0.1, 0.15) is 20.3 Å². The Morgan fingerprint density at radius 1 is 1.50 bits per heavy atom. The Kier molecular flexibility index (Phi) is 6.41. The van der Waals surface area contributed by atoms with E-state index in [1.54, 1.807) is 6.92 Å². The first kappa shape index (κ1) is 16.4. The van der Waals surface area contributed by atoms with Gasteiger partial charge in [0.1, 0.15) is 5.82 Å². The quantitative estimate of drug-likeness (QED) is 0.662. The number of carbonyl (C=O) groups excluding carboxylic acids is 1. The first-order valence-electron chi connectivity index (χ1n) is 6.70. The molecule has 1 aromatic carbocycles. The van der Waals surface area contributed by atoms with Crippen LogP contribution < -0.4 is 11.1 Å². The normalized spacial score (nSPS) is 12.4. The first-order chi connectivity index (χ1) is 9.49. The average molecular weight is 283 g/mol. The van der Waals surface area contributed by atoms with Crippen LogP contribution in [0.5, 0.6) is 0 Å². The fourth-order valence-electron chi connectivity index (χ4n) is 1.95. The number of benzene rings is 1. The van der Waals surface area contributed by atoms with E-state index in [-0.39, 0.29) is 24.2 Å². The van der Waals surface area contributed by atoms with Gasteiger partial charge in [-0.15, -0.1) is 0 Å². The molecule has 0 saturated carbocycles. The Bertz CT molecular complexity index is 448. The highest BCUT2D eigenvalue weighted by Crippen LogP contribution is 2.17. The topological polar surface area (TPSA) is 78.6 Å². The molecule has 1 unspecified atom stereocenters. The number of anilines is 2. The Labute approximate surface area is 118 Å². The number of nitrogens with one attached hydrogen (secondary N) is 1. The molecule has 0 aliphatic carbocycles. The van der Waals surface area contributed by atoms with Gasteiger partial charge in [0, 0.05) is 12.2 Å². The number of amides is 1. The zero-order chi connectivity index (χ0) is 15.1. The molecular weight excluding hydrogens is 261 g/mol. The van der Waals surface area contributed by atoms with E-state index >= 15 is 0 Å². The van der Waals surface area contributed by atoms with Gasteiger partial charge in [-0.2, -0.15) is 0 Å². The van der Waals surface area contributed by atoms with E-state index in [1.807, 2.05) is 11.8 Å². The van der Waals surface area contributed by atoms with Crippen molar-refractivity contribution in [2.75, 3.05) is 30.7 Å². The van der Waals surface area contributed by atoms with E-state index in [0.29, 0.717) is 12.2 Å². The molecule has 6 heteroatoms. The lowest BCUT2D eigenvalue weighted by molar-refractivity contribution is -0.120. The van der Waals surface area contributed by atoms with Crippen molar-refractivity contribution in [2.45, 2.75) is 26.3 Å². The summed E-state index contributed by atoms with van der Waals surface area (Å²) in [5.41, 5.74) is 5.91. The van der Waals surface area contributed by atoms with Crippen LogP contribution in [-0.4, -0.2) is 41.7 Å². The highest BCUT2D eigenvalue weighted by atomic mass is 19.1. The molecule has 0 aliphatic rings. The third-order valence-corrected chi connectivity index (χ3v) is 3.09. The standard InChI is InChI=1S/C14H22FN3O2/c1-3-6-18(7-8-19)10(2)14(20)17-11-4-5-12(15)13(16)9-11/h4-5,9-10,19H,3,6-8,16H2,1-2H3,(H,17,20). The molecule has 1 amide bonds. The Balaban J connectivity index is 2.70. The van der Waals surface area contributed by atoms with Gasteiger partial charge in [0.05, 0.1) is 18.3 Å². The number of rotatable bonds is 7. The maximum atomic E-state index is 13.0. The summed E-state index contributed by atoms with van der Waals surface area (Å²) in [5.74, 6) is -0.721. The molecule has 0 fully saturated rings. The molecule has 0 aliphatic heterocycles. The number of nitrogen functional groups attached to an aromatic ring is 1. The van der Waals surface area contributed by atoms with Gasteiger partial charge in [-0.1, -0.05) is 6.92 Å². The molecule has 0 saturated heterocycles. The Morgan fingerprint density at radius 3 is 2.75 bits per heavy atom. The zero-order valence-electron chi connectivity index (χ0n) is 11.9. The van der Waals surface area contributed by atoms with Crippen LogP contribution in [0.3, 0.4) is 0 Å². The predicted octanol–water partition coefficient (Wildman–Crippen LogP) is 1.44. The fraction of sp³-hybridized carbons (Fsp3) is 0.500. The molecule has 112 valence electrons. The van der Waals surface area contributed by atoms with Crippen LogP contribution in [-0.2, 0) is 4.79 Å². The summed E-state index contributed by atoms with van der Waals surface area (Å²) in [7, 11) is 0. The smallest absolute Gasteiger partial charge is 0.241 e. The molecule has 1 rings (SSSR count). The van der Waals surface area contributed by atoms with E-state index in [4.69, 9.17) is 10.8 Å². The van der Waals surface area contributed by atoms with Gasteiger partial charge in [-0.3, -0.25) is 9.69 Å². The average Bonchev–Trinajstić information content (AvgIpc) is 2.42. The van der Waals surface area contributed by atoms with E-state index in [1.165, 1.54) is 18.2 Å². The highest BCUT2D eigenvalue weighted by Gasteiger charge is 2.20. The minimum atomic E-state index is -0.510. The van der Waals surface area contributed by atoms with Crippen LogP contribution in [0, 0.1) is 5.82 Å². The van der Waals surface area contributed by atoms with Crippen molar-refractivity contribution in [2.24, 2.45) is 0 Å². The maximum Gasteiger partial charge on any atom is 0.241 e. The van der Waals surface area contributed by atoms with E-state index in [9.17, 15) is 9.18 Å². The summed E-state index contributed by atoms with van der Waals surface area (Å²) in [6, 6.07) is 3.68. The Morgan fingerprint density at radius 2 is 2.20 bits per heavy atom. The monoisotopic (exact) mass is 283 g/mol. The van der Waals surface area contributed by atoms with Crippen molar-refractivity contribution in [3.05, 3.63) is 24.0 Å². The molecule has 0 bridgehead atoms. The third-order valence-electron chi connectivity index (χ3n) is 3.09. The third kappa shape index (κ3) is 4.47. The molecule has 0 aromatic heterocycles. The molecule has 4 N–H and O–H groups in total. The molecule has 5 nitrogen and oxygen atoms in total. The van der Waals surface area contributed by atoms with E-state index < -0.39 is 5.82 Å². The highest BCUT2D eigenvalue weighted by molar-refractivity contribution is 5.94. The number of nitrogens with zero attached hydrogens (tertiary/aromatic N) is 1. The second-order valence-corrected chi connectivity index (χ2v) is 4.66. The van der Waals surface area contributed by atoms with Gasteiger partial charge < -0.3 is 16.2 Å². The van der Waals surface area contributed by atoms with Crippen molar-refractivity contribution in [3.8, 4) is 0 Å². The van der Waals surface area contributed by atoms with Gasteiger partial charge in [0.2, 0.25) is 5.91 Å². The first-order valence-corrected chi connectivity index (χ1v) is 6.70. The summed E-state index contributed by atoms with van der Waals surface area (Å²) in [5, 5.41) is 11.7. The van der Waals surface area contributed by atoms with Crippen molar-refractivity contribution in [1.29, 1.82) is 0 Å². The number of hydrogen-bond acceptors (Lipinski definition) is 4. The fourth-order valence-corrected chi connectivity index (χ4v) is 1.95.